The molecular formula is C17H20N2. The summed E-state index contributed by atoms with van der Waals surface area (Å²) in [5.74, 6) is 0. The summed E-state index contributed by atoms with van der Waals surface area (Å²) < 4.78 is 0. The lowest BCUT2D eigenvalue weighted by molar-refractivity contribution is 0.569. The van der Waals surface area contributed by atoms with Crippen molar-refractivity contribution >= 4 is 5.69 Å². The average molecular weight is 252 g/mol. The first-order chi connectivity index (χ1) is 9.31. The van der Waals surface area contributed by atoms with Crippen LogP contribution in [0.4, 0.5) is 5.69 Å². The van der Waals surface area contributed by atoms with Crippen LogP contribution in [0.1, 0.15) is 24.1 Å². The van der Waals surface area contributed by atoms with Gasteiger partial charge < -0.3 is 10.6 Å². The van der Waals surface area contributed by atoms with E-state index < -0.39 is 0 Å². The monoisotopic (exact) mass is 252 g/mol. The average Bonchev–Trinajstić information content (AvgIpc) is 2.78. The lowest BCUT2D eigenvalue weighted by Crippen LogP contribution is -2.37. The van der Waals surface area contributed by atoms with Crippen molar-refractivity contribution in [3.05, 3.63) is 65.7 Å². The standard InChI is InChI=1S/C17H20N2/c1-13-11-15-9-5-6-10-16(15)19(13)17(12-18)14-7-3-2-4-8-14/h2-10,13,17H,11-12,18H2,1H3. The van der Waals surface area contributed by atoms with E-state index in [4.69, 9.17) is 5.73 Å². The minimum absolute atomic E-state index is 0.264. The van der Waals surface area contributed by atoms with Gasteiger partial charge in [-0.1, -0.05) is 48.5 Å². The highest BCUT2D eigenvalue weighted by Gasteiger charge is 2.31. The minimum Gasteiger partial charge on any atom is -0.360 e. The van der Waals surface area contributed by atoms with E-state index in [1.807, 2.05) is 0 Å². The zero-order chi connectivity index (χ0) is 13.2. The van der Waals surface area contributed by atoms with Crippen LogP contribution >= 0.6 is 0 Å². The van der Waals surface area contributed by atoms with Gasteiger partial charge in [-0.15, -0.1) is 0 Å². The maximum atomic E-state index is 6.06. The molecule has 0 fully saturated rings. The predicted molar refractivity (Wildman–Crippen MR) is 80.3 cm³/mol. The largest absolute Gasteiger partial charge is 0.360 e. The van der Waals surface area contributed by atoms with Gasteiger partial charge in [0.25, 0.3) is 0 Å². The van der Waals surface area contributed by atoms with Gasteiger partial charge in [-0.2, -0.15) is 0 Å². The Balaban J connectivity index is 2.01. The summed E-state index contributed by atoms with van der Waals surface area (Å²) in [5, 5.41) is 0. The number of rotatable bonds is 3. The Kier molecular flexibility index (Phi) is 3.26. The van der Waals surface area contributed by atoms with E-state index in [2.05, 4.69) is 66.4 Å². The van der Waals surface area contributed by atoms with Gasteiger partial charge in [0, 0.05) is 18.3 Å². The lowest BCUT2D eigenvalue weighted by atomic mass is 10.0. The van der Waals surface area contributed by atoms with Crippen molar-refractivity contribution in [2.24, 2.45) is 5.73 Å². The van der Waals surface area contributed by atoms with E-state index >= 15 is 0 Å². The molecule has 1 aliphatic heterocycles. The molecule has 2 nitrogen and oxygen atoms in total. The van der Waals surface area contributed by atoms with Crippen LogP contribution in [-0.2, 0) is 6.42 Å². The molecule has 3 rings (SSSR count). The van der Waals surface area contributed by atoms with Gasteiger partial charge in [-0.05, 0) is 30.5 Å². The minimum atomic E-state index is 0.264. The first kappa shape index (κ1) is 12.2. The number of nitrogens with two attached hydrogens (primary N) is 1. The van der Waals surface area contributed by atoms with Gasteiger partial charge in [0.2, 0.25) is 0 Å². The zero-order valence-electron chi connectivity index (χ0n) is 11.3. The van der Waals surface area contributed by atoms with Crippen LogP contribution in [0.25, 0.3) is 0 Å². The number of fused-ring (bicyclic) bond motifs is 1. The fraction of sp³-hybridized carbons (Fsp3) is 0.294. The van der Waals surface area contributed by atoms with Gasteiger partial charge in [0.05, 0.1) is 6.04 Å². The molecule has 2 aromatic rings. The zero-order valence-corrected chi connectivity index (χ0v) is 11.3. The number of benzene rings is 2. The van der Waals surface area contributed by atoms with Crippen molar-refractivity contribution in [2.75, 3.05) is 11.4 Å². The molecule has 0 radical (unpaired) electrons. The van der Waals surface area contributed by atoms with Gasteiger partial charge in [-0.3, -0.25) is 0 Å². The van der Waals surface area contributed by atoms with Crippen molar-refractivity contribution < 1.29 is 0 Å². The Bertz CT molecular complexity index is 550. The van der Waals surface area contributed by atoms with Crippen LogP contribution in [0, 0.1) is 0 Å². The molecule has 0 aromatic heterocycles. The first-order valence-corrected chi connectivity index (χ1v) is 6.92. The maximum Gasteiger partial charge on any atom is 0.0668 e. The van der Waals surface area contributed by atoms with Crippen LogP contribution < -0.4 is 10.6 Å². The van der Waals surface area contributed by atoms with Crippen LogP contribution in [0.5, 0.6) is 0 Å². The van der Waals surface area contributed by atoms with Gasteiger partial charge in [0.1, 0.15) is 0 Å². The predicted octanol–water partition coefficient (Wildman–Crippen LogP) is 3.14. The second-order valence-electron chi connectivity index (χ2n) is 5.25. The summed E-state index contributed by atoms with van der Waals surface area (Å²) in [5.41, 5.74) is 10.1. The third-order valence-corrected chi connectivity index (χ3v) is 4.00. The highest BCUT2D eigenvalue weighted by molar-refractivity contribution is 5.60. The Morgan fingerprint density at radius 1 is 1.11 bits per heavy atom. The van der Waals surface area contributed by atoms with Crippen molar-refractivity contribution in [3.63, 3.8) is 0 Å². The molecule has 1 heterocycles. The maximum absolute atomic E-state index is 6.06. The van der Waals surface area contributed by atoms with E-state index in [1.54, 1.807) is 0 Å². The Hall–Kier alpha value is -1.80. The Morgan fingerprint density at radius 2 is 1.79 bits per heavy atom. The van der Waals surface area contributed by atoms with E-state index in [-0.39, 0.29) is 6.04 Å². The molecule has 19 heavy (non-hydrogen) atoms. The lowest BCUT2D eigenvalue weighted by Gasteiger charge is -2.34. The molecule has 2 heteroatoms. The molecule has 0 saturated heterocycles. The van der Waals surface area contributed by atoms with Crippen LogP contribution in [0.3, 0.4) is 0 Å². The molecule has 1 aliphatic rings. The smallest absolute Gasteiger partial charge is 0.0668 e. The van der Waals surface area contributed by atoms with Gasteiger partial charge >= 0.3 is 0 Å². The number of nitrogens with zero attached hydrogens (tertiary/aromatic N) is 1. The summed E-state index contributed by atoms with van der Waals surface area (Å²) in [4.78, 5) is 2.48. The summed E-state index contributed by atoms with van der Waals surface area (Å²) >= 11 is 0. The second-order valence-corrected chi connectivity index (χ2v) is 5.25. The topological polar surface area (TPSA) is 29.3 Å². The van der Waals surface area contributed by atoms with E-state index in [0.717, 1.165) is 6.42 Å². The highest BCUT2D eigenvalue weighted by Crippen LogP contribution is 2.38. The molecule has 0 aliphatic carbocycles. The molecule has 2 aromatic carbocycles. The quantitative estimate of drug-likeness (QED) is 0.909. The Labute approximate surface area is 114 Å². The van der Waals surface area contributed by atoms with E-state index in [1.165, 1.54) is 16.8 Å². The van der Waals surface area contributed by atoms with Gasteiger partial charge in [0.15, 0.2) is 0 Å². The molecule has 98 valence electrons. The molecule has 2 atom stereocenters. The van der Waals surface area contributed by atoms with Gasteiger partial charge in [-0.25, -0.2) is 0 Å². The summed E-state index contributed by atoms with van der Waals surface area (Å²) in [6, 6.07) is 20.0. The van der Waals surface area contributed by atoms with Crippen LogP contribution in [0.2, 0.25) is 0 Å². The number of para-hydroxylation sites is 1. The first-order valence-electron chi connectivity index (χ1n) is 6.92. The Morgan fingerprint density at radius 3 is 2.53 bits per heavy atom. The number of hydrogen-bond donors (Lipinski definition) is 1. The SMILES string of the molecule is CC1Cc2ccccc2N1C(CN)c1ccccc1. The molecule has 2 N–H and O–H groups in total. The normalized spacial score (nSPS) is 19.3. The number of hydrogen-bond acceptors (Lipinski definition) is 2. The number of anilines is 1. The molecule has 0 bridgehead atoms. The fourth-order valence-corrected chi connectivity index (χ4v) is 3.15. The molecular weight excluding hydrogens is 232 g/mol. The summed E-state index contributed by atoms with van der Waals surface area (Å²) in [6.07, 6.45) is 1.11. The van der Waals surface area contributed by atoms with Crippen LogP contribution in [-0.4, -0.2) is 12.6 Å². The summed E-state index contributed by atoms with van der Waals surface area (Å²) in [6.45, 7) is 2.92. The fourth-order valence-electron chi connectivity index (χ4n) is 3.15. The van der Waals surface area contributed by atoms with Crippen molar-refractivity contribution in [1.29, 1.82) is 0 Å². The second kappa shape index (κ2) is 5.06. The molecule has 0 saturated carbocycles. The van der Waals surface area contributed by atoms with Crippen molar-refractivity contribution in [3.8, 4) is 0 Å². The van der Waals surface area contributed by atoms with Crippen molar-refractivity contribution in [1.82, 2.24) is 0 Å². The van der Waals surface area contributed by atoms with E-state index in [0.29, 0.717) is 12.6 Å². The molecule has 0 amide bonds. The molecule has 2 unspecified atom stereocenters. The van der Waals surface area contributed by atoms with Crippen molar-refractivity contribution in [2.45, 2.75) is 25.4 Å². The third kappa shape index (κ3) is 2.13. The molecule has 0 spiro atoms. The van der Waals surface area contributed by atoms with Crippen LogP contribution in [0.15, 0.2) is 54.6 Å². The highest BCUT2D eigenvalue weighted by atomic mass is 15.2. The summed E-state index contributed by atoms with van der Waals surface area (Å²) in [7, 11) is 0. The third-order valence-electron chi connectivity index (χ3n) is 4.00. The van der Waals surface area contributed by atoms with E-state index in [9.17, 15) is 0 Å².